The molecule has 1 saturated carbocycles. The van der Waals surface area contributed by atoms with Gasteiger partial charge in [-0.3, -0.25) is 0 Å². The van der Waals surface area contributed by atoms with Gasteiger partial charge >= 0.3 is 0 Å². The van der Waals surface area contributed by atoms with Crippen molar-refractivity contribution < 1.29 is 5.11 Å². The molecular formula is C12H25NO. The predicted octanol–water partition coefficient (Wildman–Crippen LogP) is 2.16. The van der Waals surface area contributed by atoms with Crippen molar-refractivity contribution in [3.8, 4) is 0 Å². The molecule has 0 saturated heterocycles. The van der Waals surface area contributed by atoms with Crippen LogP contribution in [0.25, 0.3) is 0 Å². The van der Waals surface area contributed by atoms with Gasteiger partial charge in [-0.25, -0.2) is 0 Å². The Labute approximate surface area is 87.9 Å². The fraction of sp³-hybridized carbons (Fsp3) is 1.00. The normalized spacial score (nSPS) is 40.9. The zero-order valence-electron chi connectivity index (χ0n) is 9.79. The van der Waals surface area contributed by atoms with E-state index in [2.05, 4.69) is 20.8 Å². The molecule has 3 N–H and O–H groups in total. The third-order valence-electron chi connectivity index (χ3n) is 4.29. The Morgan fingerprint density at radius 1 is 1.43 bits per heavy atom. The van der Waals surface area contributed by atoms with Crippen molar-refractivity contribution in [1.29, 1.82) is 0 Å². The van der Waals surface area contributed by atoms with Crippen LogP contribution >= 0.6 is 0 Å². The average molecular weight is 199 g/mol. The first-order valence-corrected chi connectivity index (χ1v) is 5.89. The molecular weight excluding hydrogens is 174 g/mol. The van der Waals surface area contributed by atoms with Gasteiger partial charge in [-0.1, -0.05) is 20.3 Å². The van der Waals surface area contributed by atoms with E-state index in [0.717, 1.165) is 12.3 Å². The molecule has 0 amide bonds. The molecule has 2 nitrogen and oxygen atoms in total. The smallest absolute Gasteiger partial charge is 0.0437 e. The molecule has 0 aliphatic heterocycles. The second-order valence-electron chi connectivity index (χ2n) is 5.28. The van der Waals surface area contributed by atoms with Crippen molar-refractivity contribution in [2.24, 2.45) is 23.0 Å². The Bertz CT molecular complexity index is 181. The van der Waals surface area contributed by atoms with Gasteiger partial charge in [0, 0.05) is 12.6 Å². The molecule has 4 atom stereocenters. The van der Waals surface area contributed by atoms with E-state index in [4.69, 9.17) is 5.73 Å². The Balaban J connectivity index is 2.80. The molecule has 84 valence electrons. The summed E-state index contributed by atoms with van der Waals surface area (Å²) in [5.41, 5.74) is 6.32. The minimum Gasteiger partial charge on any atom is -0.396 e. The van der Waals surface area contributed by atoms with E-state index in [9.17, 15) is 5.11 Å². The van der Waals surface area contributed by atoms with Crippen molar-refractivity contribution in [3.05, 3.63) is 0 Å². The second-order valence-corrected chi connectivity index (χ2v) is 5.28. The molecule has 1 aliphatic rings. The lowest BCUT2D eigenvalue weighted by atomic mass is 9.59. The molecule has 1 rings (SSSR count). The third-order valence-corrected chi connectivity index (χ3v) is 4.29. The number of aliphatic hydroxyl groups is 1. The first-order valence-electron chi connectivity index (χ1n) is 5.89. The highest BCUT2D eigenvalue weighted by Crippen LogP contribution is 2.47. The molecule has 1 fully saturated rings. The molecule has 1 aliphatic carbocycles. The molecule has 0 bridgehead atoms. The van der Waals surface area contributed by atoms with Gasteiger partial charge in [0.2, 0.25) is 0 Å². The van der Waals surface area contributed by atoms with E-state index in [1.807, 2.05) is 0 Å². The summed E-state index contributed by atoms with van der Waals surface area (Å²) in [5.74, 6) is 1.43. The van der Waals surface area contributed by atoms with Gasteiger partial charge in [0.1, 0.15) is 0 Å². The summed E-state index contributed by atoms with van der Waals surface area (Å²) in [5, 5.41) is 9.18. The highest BCUT2D eigenvalue weighted by Gasteiger charge is 2.42. The molecule has 14 heavy (non-hydrogen) atoms. The summed E-state index contributed by atoms with van der Waals surface area (Å²) in [6.45, 7) is 6.98. The van der Waals surface area contributed by atoms with Crippen LogP contribution in [0.15, 0.2) is 0 Å². The monoisotopic (exact) mass is 199 g/mol. The molecule has 0 aromatic heterocycles. The third kappa shape index (κ3) is 2.12. The molecule has 0 radical (unpaired) electrons. The second kappa shape index (κ2) is 4.63. The Morgan fingerprint density at radius 3 is 2.57 bits per heavy atom. The van der Waals surface area contributed by atoms with E-state index >= 15 is 0 Å². The Hall–Kier alpha value is -0.0800. The van der Waals surface area contributed by atoms with Crippen molar-refractivity contribution in [2.75, 3.05) is 6.61 Å². The standard InChI is InChI=1S/C12H25NO/c1-9-4-5-10(2)12(8-9,6-7-14)11(3)13/h9-11,14H,4-8,13H2,1-3H3. The van der Waals surface area contributed by atoms with Crippen molar-refractivity contribution >= 4 is 0 Å². The van der Waals surface area contributed by atoms with Gasteiger partial charge < -0.3 is 10.8 Å². The van der Waals surface area contributed by atoms with Gasteiger partial charge in [-0.15, -0.1) is 0 Å². The maximum atomic E-state index is 9.18. The zero-order chi connectivity index (χ0) is 10.8. The van der Waals surface area contributed by atoms with Crippen molar-refractivity contribution in [3.63, 3.8) is 0 Å². The molecule has 0 heterocycles. The fourth-order valence-corrected chi connectivity index (χ4v) is 3.19. The van der Waals surface area contributed by atoms with Crippen LogP contribution in [-0.2, 0) is 0 Å². The minimum atomic E-state index is 0.187. The Morgan fingerprint density at radius 2 is 2.07 bits per heavy atom. The van der Waals surface area contributed by atoms with Crippen LogP contribution < -0.4 is 5.73 Å². The predicted molar refractivity (Wildman–Crippen MR) is 60.0 cm³/mol. The van der Waals surface area contributed by atoms with E-state index in [-0.39, 0.29) is 18.1 Å². The van der Waals surface area contributed by atoms with Crippen LogP contribution in [-0.4, -0.2) is 17.8 Å². The fourth-order valence-electron chi connectivity index (χ4n) is 3.19. The van der Waals surface area contributed by atoms with Gasteiger partial charge in [-0.2, -0.15) is 0 Å². The maximum Gasteiger partial charge on any atom is 0.0437 e. The molecule has 0 spiro atoms. The number of hydrogen-bond donors (Lipinski definition) is 2. The lowest BCUT2D eigenvalue weighted by Gasteiger charge is -2.48. The van der Waals surface area contributed by atoms with Crippen LogP contribution in [0, 0.1) is 17.3 Å². The first-order chi connectivity index (χ1) is 6.53. The first kappa shape index (κ1) is 12.0. The van der Waals surface area contributed by atoms with E-state index in [1.54, 1.807) is 0 Å². The van der Waals surface area contributed by atoms with Crippen LogP contribution in [0.3, 0.4) is 0 Å². The van der Waals surface area contributed by atoms with Gasteiger partial charge in [0.15, 0.2) is 0 Å². The van der Waals surface area contributed by atoms with Crippen LogP contribution in [0.5, 0.6) is 0 Å². The summed E-state index contributed by atoms with van der Waals surface area (Å²) < 4.78 is 0. The van der Waals surface area contributed by atoms with E-state index in [1.165, 1.54) is 19.3 Å². The quantitative estimate of drug-likeness (QED) is 0.731. The van der Waals surface area contributed by atoms with Crippen LogP contribution in [0.2, 0.25) is 0 Å². The summed E-state index contributed by atoms with van der Waals surface area (Å²) in [6, 6.07) is 0.201. The lowest BCUT2D eigenvalue weighted by molar-refractivity contribution is 0.0251. The highest BCUT2D eigenvalue weighted by molar-refractivity contribution is 4.95. The molecule has 4 unspecified atom stereocenters. The summed E-state index contributed by atoms with van der Waals surface area (Å²) in [7, 11) is 0. The minimum absolute atomic E-state index is 0.187. The summed E-state index contributed by atoms with van der Waals surface area (Å²) >= 11 is 0. The number of hydrogen-bond acceptors (Lipinski definition) is 2. The number of aliphatic hydroxyl groups excluding tert-OH is 1. The molecule has 0 aromatic rings. The number of rotatable bonds is 3. The van der Waals surface area contributed by atoms with Gasteiger partial charge in [0.05, 0.1) is 0 Å². The average Bonchev–Trinajstić information content (AvgIpc) is 2.11. The van der Waals surface area contributed by atoms with E-state index < -0.39 is 0 Å². The largest absolute Gasteiger partial charge is 0.396 e. The lowest BCUT2D eigenvalue weighted by Crippen LogP contribution is -2.48. The highest BCUT2D eigenvalue weighted by atomic mass is 16.3. The molecule has 2 heteroatoms. The number of nitrogens with two attached hydrogens (primary N) is 1. The van der Waals surface area contributed by atoms with Gasteiger partial charge in [-0.05, 0) is 43.4 Å². The van der Waals surface area contributed by atoms with Crippen LogP contribution in [0.1, 0.15) is 46.5 Å². The SMILES string of the molecule is CC1CCC(C)C(CCO)(C(C)N)C1. The summed E-state index contributed by atoms with van der Waals surface area (Å²) in [6.07, 6.45) is 4.65. The summed E-state index contributed by atoms with van der Waals surface area (Å²) in [4.78, 5) is 0. The maximum absolute atomic E-state index is 9.18. The van der Waals surface area contributed by atoms with Gasteiger partial charge in [0.25, 0.3) is 0 Å². The topological polar surface area (TPSA) is 46.2 Å². The van der Waals surface area contributed by atoms with Crippen molar-refractivity contribution in [2.45, 2.75) is 52.5 Å². The van der Waals surface area contributed by atoms with Crippen LogP contribution in [0.4, 0.5) is 0 Å². The Kier molecular flexibility index (Phi) is 3.96. The zero-order valence-corrected chi connectivity index (χ0v) is 9.79. The van der Waals surface area contributed by atoms with Crippen molar-refractivity contribution in [1.82, 2.24) is 0 Å². The molecule has 0 aromatic carbocycles. The van der Waals surface area contributed by atoms with E-state index in [0.29, 0.717) is 5.92 Å².